The molecule has 0 spiro atoms. The quantitative estimate of drug-likeness (QED) is 0.836. The van der Waals surface area contributed by atoms with Gasteiger partial charge in [0.2, 0.25) is 5.91 Å². The maximum Gasteiger partial charge on any atom is 0.220 e. The first-order chi connectivity index (χ1) is 8.42. The number of rotatable bonds is 5. The molecule has 1 rings (SSSR count). The van der Waals surface area contributed by atoms with E-state index in [2.05, 4.69) is 10.3 Å². The number of pyridine rings is 1. The topological polar surface area (TPSA) is 68.0 Å². The largest absolute Gasteiger partial charge is 0.352 e. The molecule has 0 bridgehead atoms. The molecule has 0 radical (unpaired) electrons. The molecular weight excluding hydrogens is 226 g/mol. The van der Waals surface area contributed by atoms with Crippen LogP contribution < -0.4 is 11.1 Å². The number of nitrogens with zero attached hydrogens (tertiary/aromatic N) is 1. The Morgan fingerprint density at radius 2 is 2.17 bits per heavy atom. The number of nitrogens with one attached hydrogen (secondary N) is 1. The van der Waals surface area contributed by atoms with Crippen molar-refractivity contribution >= 4 is 5.91 Å². The minimum atomic E-state index is -0.180. The Labute approximate surface area is 109 Å². The van der Waals surface area contributed by atoms with E-state index in [4.69, 9.17) is 5.73 Å². The van der Waals surface area contributed by atoms with Gasteiger partial charge in [-0.25, -0.2) is 0 Å². The van der Waals surface area contributed by atoms with Gasteiger partial charge in [-0.15, -0.1) is 0 Å². The predicted molar refractivity (Wildman–Crippen MR) is 73.2 cm³/mol. The Bertz CT molecular complexity index is 370. The summed E-state index contributed by atoms with van der Waals surface area (Å²) in [5, 5.41) is 2.95. The van der Waals surface area contributed by atoms with Gasteiger partial charge in [-0.1, -0.05) is 6.07 Å². The van der Waals surface area contributed by atoms with E-state index in [9.17, 15) is 4.79 Å². The third-order valence-electron chi connectivity index (χ3n) is 2.62. The second-order valence-electron chi connectivity index (χ2n) is 5.52. The van der Waals surface area contributed by atoms with Gasteiger partial charge in [0, 0.05) is 36.3 Å². The molecule has 4 heteroatoms. The number of amides is 1. The van der Waals surface area contributed by atoms with Crippen LogP contribution in [0.15, 0.2) is 24.4 Å². The lowest BCUT2D eigenvalue weighted by Crippen LogP contribution is -2.40. The fraction of sp³-hybridized carbons (Fsp3) is 0.571. The van der Waals surface area contributed by atoms with Gasteiger partial charge in [0.15, 0.2) is 0 Å². The molecule has 1 aromatic heterocycles. The molecule has 1 aromatic rings. The smallest absolute Gasteiger partial charge is 0.220 e. The van der Waals surface area contributed by atoms with Gasteiger partial charge in [0.25, 0.3) is 0 Å². The Hall–Kier alpha value is -1.42. The van der Waals surface area contributed by atoms with E-state index in [1.54, 1.807) is 6.20 Å². The van der Waals surface area contributed by atoms with Crippen LogP contribution in [0.25, 0.3) is 0 Å². The fourth-order valence-electron chi connectivity index (χ4n) is 1.79. The highest BCUT2D eigenvalue weighted by Gasteiger charge is 2.16. The number of nitrogens with two attached hydrogens (primary N) is 1. The second-order valence-corrected chi connectivity index (χ2v) is 5.52. The SMILES string of the molecule is CC(C)(C)NC(=O)CCC(CN)c1ccccn1. The number of hydrogen-bond acceptors (Lipinski definition) is 3. The van der Waals surface area contributed by atoms with Gasteiger partial charge >= 0.3 is 0 Å². The maximum absolute atomic E-state index is 11.7. The molecule has 3 N–H and O–H groups in total. The van der Waals surface area contributed by atoms with Crippen molar-refractivity contribution in [2.75, 3.05) is 6.54 Å². The van der Waals surface area contributed by atoms with Gasteiger partial charge in [0.05, 0.1) is 0 Å². The van der Waals surface area contributed by atoms with Crippen molar-refractivity contribution in [1.29, 1.82) is 0 Å². The van der Waals surface area contributed by atoms with Crippen molar-refractivity contribution in [1.82, 2.24) is 10.3 Å². The van der Waals surface area contributed by atoms with E-state index < -0.39 is 0 Å². The average molecular weight is 249 g/mol. The number of carbonyl (C=O) groups is 1. The number of aromatic nitrogens is 1. The zero-order valence-electron chi connectivity index (χ0n) is 11.4. The lowest BCUT2D eigenvalue weighted by Gasteiger charge is -2.21. The third kappa shape index (κ3) is 5.27. The van der Waals surface area contributed by atoms with Crippen LogP contribution in [0, 0.1) is 0 Å². The van der Waals surface area contributed by atoms with Gasteiger partial charge in [-0.05, 0) is 39.3 Å². The Balaban J connectivity index is 2.48. The Kier molecular flexibility index (Phi) is 5.28. The average Bonchev–Trinajstić information content (AvgIpc) is 2.29. The van der Waals surface area contributed by atoms with E-state index in [1.807, 2.05) is 39.0 Å². The van der Waals surface area contributed by atoms with Crippen LogP contribution in [0.5, 0.6) is 0 Å². The van der Waals surface area contributed by atoms with Gasteiger partial charge in [-0.2, -0.15) is 0 Å². The second kappa shape index (κ2) is 6.50. The Morgan fingerprint density at radius 3 is 2.67 bits per heavy atom. The zero-order chi connectivity index (χ0) is 13.6. The highest BCUT2D eigenvalue weighted by molar-refractivity contribution is 5.76. The van der Waals surface area contributed by atoms with E-state index in [1.165, 1.54) is 0 Å². The van der Waals surface area contributed by atoms with Crippen LogP contribution in [0.1, 0.15) is 45.2 Å². The summed E-state index contributed by atoms with van der Waals surface area (Å²) >= 11 is 0. The highest BCUT2D eigenvalue weighted by atomic mass is 16.1. The summed E-state index contributed by atoms with van der Waals surface area (Å²) in [7, 11) is 0. The molecule has 18 heavy (non-hydrogen) atoms. The summed E-state index contributed by atoms with van der Waals surface area (Å²) in [6.07, 6.45) is 2.97. The predicted octanol–water partition coefficient (Wildman–Crippen LogP) is 1.82. The Morgan fingerprint density at radius 1 is 1.44 bits per heavy atom. The molecule has 4 nitrogen and oxygen atoms in total. The first-order valence-electron chi connectivity index (χ1n) is 6.34. The molecule has 0 aliphatic heterocycles. The van der Waals surface area contributed by atoms with Crippen LogP contribution in [0.3, 0.4) is 0 Å². The van der Waals surface area contributed by atoms with Crippen LogP contribution >= 0.6 is 0 Å². The summed E-state index contributed by atoms with van der Waals surface area (Å²) < 4.78 is 0. The number of hydrogen-bond donors (Lipinski definition) is 2. The first kappa shape index (κ1) is 14.6. The van der Waals surface area contributed by atoms with Crippen molar-refractivity contribution in [2.45, 2.75) is 45.1 Å². The van der Waals surface area contributed by atoms with E-state index >= 15 is 0 Å². The minimum absolute atomic E-state index is 0.0666. The molecule has 0 saturated carbocycles. The lowest BCUT2D eigenvalue weighted by atomic mass is 9.98. The molecule has 0 aliphatic rings. The highest BCUT2D eigenvalue weighted by Crippen LogP contribution is 2.17. The minimum Gasteiger partial charge on any atom is -0.352 e. The molecule has 1 heterocycles. The zero-order valence-corrected chi connectivity index (χ0v) is 11.4. The molecule has 1 unspecified atom stereocenters. The molecular formula is C14H23N3O. The maximum atomic E-state index is 11.7. The van der Waals surface area contributed by atoms with Gasteiger partial charge < -0.3 is 11.1 Å². The van der Waals surface area contributed by atoms with Gasteiger partial charge in [-0.3, -0.25) is 9.78 Å². The summed E-state index contributed by atoms with van der Waals surface area (Å²) in [5.41, 5.74) is 6.53. The molecule has 0 aromatic carbocycles. The van der Waals surface area contributed by atoms with E-state index in [0.717, 1.165) is 12.1 Å². The van der Waals surface area contributed by atoms with E-state index in [0.29, 0.717) is 13.0 Å². The van der Waals surface area contributed by atoms with Crippen molar-refractivity contribution < 1.29 is 4.79 Å². The molecule has 0 saturated heterocycles. The summed E-state index contributed by atoms with van der Waals surface area (Å²) in [6.45, 7) is 6.44. The molecule has 0 aliphatic carbocycles. The van der Waals surface area contributed by atoms with E-state index in [-0.39, 0.29) is 17.4 Å². The normalized spacial score (nSPS) is 13.1. The molecule has 1 atom stereocenters. The number of carbonyl (C=O) groups excluding carboxylic acids is 1. The van der Waals surface area contributed by atoms with Crippen molar-refractivity contribution in [3.63, 3.8) is 0 Å². The summed E-state index contributed by atoms with van der Waals surface area (Å²) in [6, 6.07) is 5.78. The lowest BCUT2D eigenvalue weighted by molar-refractivity contribution is -0.122. The molecule has 100 valence electrons. The monoisotopic (exact) mass is 249 g/mol. The standard InChI is InChI=1S/C14H23N3O/c1-14(2,3)17-13(18)8-7-11(10-15)12-6-4-5-9-16-12/h4-6,9,11H,7-8,10,15H2,1-3H3,(H,17,18). The summed E-state index contributed by atoms with van der Waals surface area (Å²) in [4.78, 5) is 16.0. The third-order valence-corrected chi connectivity index (χ3v) is 2.62. The first-order valence-corrected chi connectivity index (χ1v) is 6.34. The molecule has 1 amide bonds. The van der Waals surface area contributed by atoms with Gasteiger partial charge in [0.1, 0.15) is 0 Å². The van der Waals surface area contributed by atoms with Crippen molar-refractivity contribution in [3.05, 3.63) is 30.1 Å². The molecule has 0 fully saturated rings. The van der Waals surface area contributed by atoms with Crippen LogP contribution in [-0.4, -0.2) is 23.0 Å². The summed E-state index contributed by atoms with van der Waals surface area (Å²) in [5.74, 6) is 0.216. The van der Waals surface area contributed by atoms with Crippen LogP contribution in [0.4, 0.5) is 0 Å². The van der Waals surface area contributed by atoms with Crippen LogP contribution in [-0.2, 0) is 4.79 Å². The van der Waals surface area contributed by atoms with Crippen molar-refractivity contribution in [3.8, 4) is 0 Å². The van der Waals surface area contributed by atoms with Crippen LogP contribution in [0.2, 0.25) is 0 Å². The fourth-order valence-corrected chi connectivity index (χ4v) is 1.79. The van der Waals surface area contributed by atoms with Crippen molar-refractivity contribution in [2.24, 2.45) is 5.73 Å².